The van der Waals surface area contributed by atoms with E-state index in [9.17, 15) is 8.78 Å². The second-order valence-corrected chi connectivity index (χ2v) is 4.86. The number of rotatable bonds is 6. The minimum Gasteiger partial charge on any atom is -0.317 e. The Bertz CT molecular complexity index is 374. The molecule has 1 aromatic carbocycles. The largest absolute Gasteiger partial charge is 0.317 e. The Morgan fingerprint density at radius 3 is 2.76 bits per heavy atom. The normalized spacial score (nSPS) is 17.1. The lowest BCUT2D eigenvalue weighted by atomic mass is 10.0. The van der Waals surface area contributed by atoms with Gasteiger partial charge in [0.1, 0.15) is 11.6 Å². The molecule has 0 bridgehead atoms. The van der Waals surface area contributed by atoms with Gasteiger partial charge in [0.2, 0.25) is 0 Å². The first kappa shape index (κ1) is 12.5. The molecule has 1 unspecified atom stereocenters. The third-order valence-corrected chi connectivity index (χ3v) is 3.53. The fraction of sp³-hybridized carbons (Fsp3) is 0.571. The lowest BCUT2D eigenvalue weighted by Crippen LogP contribution is -2.27. The maximum absolute atomic E-state index is 13.4. The van der Waals surface area contributed by atoms with E-state index in [0.29, 0.717) is 18.0 Å². The number of halogens is 2. The summed E-state index contributed by atoms with van der Waals surface area (Å²) >= 11 is 0. The monoisotopic (exact) mass is 239 g/mol. The molecule has 1 fully saturated rings. The Labute approximate surface area is 101 Å². The highest BCUT2D eigenvalue weighted by molar-refractivity contribution is 5.18. The summed E-state index contributed by atoms with van der Waals surface area (Å²) in [6.07, 6.45) is 5.17. The third kappa shape index (κ3) is 3.50. The van der Waals surface area contributed by atoms with Crippen LogP contribution in [0.25, 0.3) is 0 Å². The zero-order valence-corrected chi connectivity index (χ0v) is 10.2. The Balaban J connectivity index is 1.82. The van der Waals surface area contributed by atoms with Gasteiger partial charge in [-0.2, -0.15) is 0 Å². The van der Waals surface area contributed by atoms with Gasteiger partial charge >= 0.3 is 0 Å². The van der Waals surface area contributed by atoms with E-state index >= 15 is 0 Å². The standard InChI is InChI=1S/C14H19F2N/c1-17-14(10-5-6-10)4-2-3-11-9-12(15)7-8-13(11)16/h7-10,14,17H,2-6H2,1H3. The first-order valence-corrected chi connectivity index (χ1v) is 6.32. The van der Waals surface area contributed by atoms with Crippen LogP contribution < -0.4 is 5.32 Å². The van der Waals surface area contributed by atoms with Crippen LogP contribution in [-0.4, -0.2) is 13.1 Å². The van der Waals surface area contributed by atoms with Gasteiger partial charge < -0.3 is 5.32 Å². The molecule has 0 radical (unpaired) electrons. The molecular formula is C14H19F2N. The Morgan fingerprint density at radius 2 is 2.12 bits per heavy atom. The van der Waals surface area contributed by atoms with Crippen molar-refractivity contribution in [2.75, 3.05) is 7.05 Å². The molecular weight excluding hydrogens is 220 g/mol. The molecule has 1 aliphatic carbocycles. The molecule has 0 amide bonds. The van der Waals surface area contributed by atoms with Gasteiger partial charge in [-0.05, 0) is 68.8 Å². The van der Waals surface area contributed by atoms with E-state index < -0.39 is 0 Å². The second-order valence-electron chi connectivity index (χ2n) is 4.86. The molecule has 1 N–H and O–H groups in total. The Hall–Kier alpha value is -0.960. The van der Waals surface area contributed by atoms with Crippen LogP contribution in [0.3, 0.4) is 0 Å². The van der Waals surface area contributed by atoms with Gasteiger partial charge in [-0.25, -0.2) is 8.78 Å². The smallest absolute Gasteiger partial charge is 0.126 e. The van der Waals surface area contributed by atoms with Crippen molar-refractivity contribution in [1.29, 1.82) is 0 Å². The first-order chi connectivity index (χ1) is 8.20. The number of benzene rings is 1. The highest BCUT2D eigenvalue weighted by Gasteiger charge is 2.29. The van der Waals surface area contributed by atoms with Crippen LogP contribution in [0, 0.1) is 17.6 Å². The fourth-order valence-corrected chi connectivity index (χ4v) is 2.36. The van der Waals surface area contributed by atoms with E-state index in [0.717, 1.165) is 18.8 Å². The van der Waals surface area contributed by atoms with Crippen LogP contribution in [0.1, 0.15) is 31.2 Å². The van der Waals surface area contributed by atoms with Gasteiger partial charge in [-0.3, -0.25) is 0 Å². The Kier molecular flexibility index (Phi) is 4.11. The van der Waals surface area contributed by atoms with Crippen LogP contribution >= 0.6 is 0 Å². The highest BCUT2D eigenvalue weighted by atomic mass is 19.1. The summed E-state index contributed by atoms with van der Waals surface area (Å²) in [7, 11) is 1.98. The molecule has 1 aromatic rings. The van der Waals surface area contributed by atoms with Crippen molar-refractivity contribution in [3.8, 4) is 0 Å². The van der Waals surface area contributed by atoms with Crippen molar-refractivity contribution < 1.29 is 8.78 Å². The van der Waals surface area contributed by atoms with Crippen molar-refractivity contribution in [3.63, 3.8) is 0 Å². The maximum atomic E-state index is 13.4. The van der Waals surface area contributed by atoms with E-state index in [1.54, 1.807) is 0 Å². The minimum absolute atomic E-state index is 0.293. The molecule has 1 aliphatic rings. The summed E-state index contributed by atoms with van der Waals surface area (Å²) < 4.78 is 26.3. The summed E-state index contributed by atoms with van der Waals surface area (Å²) in [5, 5.41) is 3.31. The molecule has 2 rings (SSSR count). The molecule has 0 heterocycles. The summed E-state index contributed by atoms with van der Waals surface area (Å²) in [5.74, 6) is 0.157. The van der Waals surface area contributed by atoms with Gasteiger partial charge in [0.25, 0.3) is 0 Å². The predicted molar refractivity (Wildman–Crippen MR) is 64.9 cm³/mol. The molecule has 1 saturated carbocycles. The van der Waals surface area contributed by atoms with E-state index in [4.69, 9.17) is 0 Å². The lowest BCUT2D eigenvalue weighted by Gasteiger charge is -2.14. The van der Waals surface area contributed by atoms with Crippen molar-refractivity contribution in [3.05, 3.63) is 35.4 Å². The lowest BCUT2D eigenvalue weighted by molar-refractivity contribution is 0.453. The van der Waals surface area contributed by atoms with Crippen LogP contribution in [0.5, 0.6) is 0 Å². The number of hydrogen-bond acceptors (Lipinski definition) is 1. The summed E-state index contributed by atoms with van der Waals surface area (Å²) in [6, 6.07) is 4.23. The fourth-order valence-electron chi connectivity index (χ4n) is 2.36. The summed E-state index contributed by atoms with van der Waals surface area (Å²) in [5.41, 5.74) is 0.496. The molecule has 94 valence electrons. The van der Waals surface area contributed by atoms with Crippen molar-refractivity contribution in [2.45, 2.75) is 38.1 Å². The van der Waals surface area contributed by atoms with Crippen LogP contribution in [-0.2, 0) is 6.42 Å². The molecule has 0 aromatic heterocycles. The van der Waals surface area contributed by atoms with Gasteiger partial charge in [0, 0.05) is 6.04 Å². The molecule has 1 atom stereocenters. The van der Waals surface area contributed by atoms with Gasteiger partial charge in [0.05, 0.1) is 0 Å². The summed E-state index contributed by atoms with van der Waals surface area (Å²) in [6.45, 7) is 0. The van der Waals surface area contributed by atoms with Crippen LogP contribution in [0.15, 0.2) is 18.2 Å². The first-order valence-electron chi connectivity index (χ1n) is 6.32. The van der Waals surface area contributed by atoms with Crippen LogP contribution in [0.2, 0.25) is 0 Å². The Morgan fingerprint density at radius 1 is 1.35 bits per heavy atom. The predicted octanol–water partition coefficient (Wildman–Crippen LogP) is 3.29. The van der Waals surface area contributed by atoms with E-state index in [1.807, 2.05) is 7.05 Å². The van der Waals surface area contributed by atoms with Gasteiger partial charge in [0.15, 0.2) is 0 Å². The minimum atomic E-state index is -0.353. The molecule has 0 aliphatic heterocycles. The zero-order valence-electron chi connectivity index (χ0n) is 10.2. The molecule has 1 nitrogen and oxygen atoms in total. The quantitative estimate of drug-likeness (QED) is 0.803. The van der Waals surface area contributed by atoms with E-state index in [-0.39, 0.29) is 11.6 Å². The molecule has 0 spiro atoms. The number of aryl methyl sites for hydroxylation is 1. The zero-order chi connectivity index (χ0) is 12.3. The number of nitrogens with one attached hydrogen (secondary N) is 1. The molecule has 3 heteroatoms. The topological polar surface area (TPSA) is 12.0 Å². The van der Waals surface area contributed by atoms with E-state index in [1.165, 1.54) is 31.0 Å². The van der Waals surface area contributed by atoms with Crippen molar-refractivity contribution in [1.82, 2.24) is 5.32 Å². The van der Waals surface area contributed by atoms with Crippen LogP contribution in [0.4, 0.5) is 8.78 Å². The van der Waals surface area contributed by atoms with E-state index in [2.05, 4.69) is 5.32 Å². The molecule has 17 heavy (non-hydrogen) atoms. The van der Waals surface area contributed by atoms with Gasteiger partial charge in [-0.15, -0.1) is 0 Å². The third-order valence-electron chi connectivity index (χ3n) is 3.53. The second kappa shape index (κ2) is 5.58. The summed E-state index contributed by atoms with van der Waals surface area (Å²) in [4.78, 5) is 0. The SMILES string of the molecule is CNC(CCCc1cc(F)ccc1F)C1CC1. The average molecular weight is 239 g/mol. The van der Waals surface area contributed by atoms with Crippen molar-refractivity contribution >= 4 is 0 Å². The van der Waals surface area contributed by atoms with Crippen molar-refractivity contribution in [2.24, 2.45) is 5.92 Å². The maximum Gasteiger partial charge on any atom is 0.126 e. The average Bonchev–Trinajstić information content (AvgIpc) is 3.13. The number of hydrogen-bond donors (Lipinski definition) is 1. The molecule has 0 saturated heterocycles. The van der Waals surface area contributed by atoms with Gasteiger partial charge in [-0.1, -0.05) is 0 Å². The highest BCUT2D eigenvalue weighted by Crippen LogP contribution is 2.34.